The number of aromatic nitrogens is 3. The van der Waals surface area contributed by atoms with Crippen molar-refractivity contribution < 1.29 is 0 Å². The third kappa shape index (κ3) is 2.63. The first-order valence-electron chi connectivity index (χ1n) is 8.50. The Bertz CT molecular complexity index is 808. The molecular weight excluding hydrogens is 284 g/mol. The zero-order valence-electron chi connectivity index (χ0n) is 13.4. The van der Waals surface area contributed by atoms with Gasteiger partial charge in [0.05, 0.1) is 6.04 Å². The fourth-order valence-electron chi connectivity index (χ4n) is 3.65. The van der Waals surface area contributed by atoms with Crippen LogP contribution in [0.1, 0.15) is 55.2 Å². The number of rotatable bonds is 5. The summed E-state index contributed by atoms with van der Waals surface area (Å²) in [5, 5.41) is 12.6. The van der Waals surface area contributed by atoms with Crippen LogP contribution in [0, 0.1) is 0 Å². The maximum atomic E-state index is 4.46. The maximum Gasteiger partial charge on any atom is 0.160 e. The van der Waals surface area contributed by atoms with E-state index in [1.807, 2.05) is 18.2 Å². The van der Waals surface area contributed by atoms with Gasteiger partial charge in [0.25, 0.3) is 0 Å². The summed E-state index contributed by atoms with van der Waals surface area (Å²) in [5.41, 5.74) is 3.84. The van der Waals surface area contributed by atoms with Gasteiger partial charge in [0.2, 0.25) is 0 Å². The zero-order valence-corrected chi connectivity index (χ0v) is 13.4. The van der Waals surface area contributed by atoms with Crippen LogP contribution >= 0.6 is 0 Å². The van der Waals surface area contributed by atoms with Crippen LogP contribution < -0.4 is 5.32 Å². The highest BCUT2D eigenvalue weighted by atomic mass is 15.3. The van der Waals surface area contributed by atoms with Gasteiger partial charge in [0.15, 0.2) is 11.5 Å². The van der Waals surface area contributed by atoms with E-state index in [0.29, 0.717) is 6.04 Å². The van der Waals surface area contributed by atoms with Gasteiger partial charge in [-0.2, -0.15) is 0 Å². The van der Waals surface area contributed by atoms with E-state index in [2.05, 4.69) is 57.3 Å². The van der Waals surface area contributed by atoms with Crippen LogP contribution in [0.5, 0.6) is 0 Å². The molecule has 2 unspecified atom stereocenters. The lowest BCUT2D eigenvalue weighted by molar-refractivity contribution is 0.402. The standard InChI is InChI=1S/C19H22N4/c1-2-7-17(19-22-21-18-10-5-6-13-23(18)19)20-16-12-11-14-8-3-4-9-15(14)16/h3-6,8-10,13,16-17,20H,2,7,11-12H2,1H3. The molecule has 118 valence electrons. The van der Waals surface area contributed by atoms with E-state index in [9.17, 15) is 0 Å². The Morgan fingerprint density at radius 2 is 2.04 bits per heavy atom. The van der Waals surface area contributed by atoms with Crippen molar-refractivity contribution >= 4 is 5.65 Å². The molecule has 1 aromatic carbocycles. The van der Waals surface area contributed by atoms with Gasteiger partial charge in [-0.15, -0.1) is 10.2 Å². The minimum Gasteiger partial charge on any atom is -0.300 e. The molecule has 0 fully saturated rings. The zero-order chi connectivity index (χ0) is 15.6. The van der Waals surface area contributed by atoms with Crippen molar-refractivity contribution in [2.45, 2.75) is 44.7 Å². The third-order valence-electron chi connectivity index (χ3n) is 4.76. The summed E-state index contributed by atoms with van der Waals surface area (Å²) in [6.07, 6.45) is 6.56. The third-order valence-corrected chi connectivity index (χ3v) is 4.76. The first kappa shape index (κ1) is 14.4. The summed E-state index contributed by atoms with van der Waals surface area (Å²) >= 11 is 0. The molecule has 23 heavy (non-hydrogen) atoms. The van der Waals surface area contributed by atoms with Crippen molar-refractivity contribution in [1.29, 1.82) is 0 Å². The number of nitrogens with zero attached hydrogens (tertiary/aromatic N) is 3. The fraction of sp³-hybridized carbons (Fsp3) is 0.368. The maximum absolute atomic E-state index is 4.46. The Labute approximate surface area is 136 Å². The smallest absolute Gasteiger partial charge is 0.160 e. The monoisotopic (exact) mass is 306 g/mol. The topological polar surface area (TPSA) is 42.2 Å². The molecule has 2 heterocycles. The van der Waals surface area contributed by atoms with E-state index < -0.39 is 0 Å². The van der Waals surface area contributed by atoms with Crippen molar-refractivity contribution in [1.82, 2.24) is 19.9 Å². The summed E-state index contributed by atoms with van der Waals surface area (Å²) in [4.78, 5) is 0. The number of hydrogen-bond acceptors (Lipinski definition) is 3. The molecule has 0 saturated carbocycles. The molecule has 4 heteroatoms. The minimum absolute atomic E-state index is 0.230. The molecule has 4 nitrogen and oxygen atoms in total. The summed E-state index contributed by atoms with van der Waals surface area (Å²) in [5.74, 6) is 1.02. The highest BCUT2D eigenvalue weighted by Crippen LogP contribution is 2.33. The van der Waals surface area contributed by atoms with Crippen LogP contribution in [0.2, 0.25) is 0 Å². The predicted molar refractivity (Wildman–Crippen MR) is 91.3 cm³/mol. The molecule has 1 aliphatic rings. The molecule has 2 aromatic heterocycles. The Balaban J connectivity index is 1.64. The van der Waals surface area contributed by atoms with Gasteiger partial charge in [-0.3, -0.25) is 4.40 Å². The molecule has 0 aliphatic heterocycles. The SMILES string of the molecule is CCCC(NC1CCc2ccccc21)c1nnc2ccccn12. The molecule has 0 amide bonds. The molecule has 0 saturated heterocycles. The van der Waals surface area contributed by atoms with Crippen LogP contribution in [0.25, 0.3) is 5.65 Å². The first-order chi connectivity index (χ1) is 11.4. The van der Waals surface area contributed by atoms with Gasteiger partial charge in [-0.05, 0) is 42.5 Å². The van der Waals surface area contributed by atoms with Gasteiger partial charge in [0, 0.05) is 12.2 Å². The van der Waals surface area contributed by atoms with Crippen LogP contribution in [-0.2, 0) is 6.42 Å². The second-order valence-corrected chi connectivity index (χ2v) is 6.29. The average molecular weight is 306 g/mol. The predicted octanol–water partition coefficient (Wildman–Crippen LogP) is 3.85. The molecule has 2 atom stereocenters. The van der Waals surface area contributed by atoms with Crippen molar-refractivity contribution in [3.05, 3.63) is 65.6 Å². The van der Waals surface area contributed by atoms with Crippen LogP contribution in [0.4, 0.5) is 0 Å². The molecule has 0 bridgehead atoms. The molecular formula is C19H22N4. The second kappa shape index (κ2) is 6.13. The van der Waals surface area contributed by atoms with Gasteiger partial charge in [-0.1, -0.05) is 43.7 Å². The van der Waals surface area contributed by atoms with E-state index in [1.54, 1.807) is 0 Å². The number of hydrogen-bond donors (Lipinski definition) is 1. The fourth-order valence-corrected chi connectivity index (χ4v) is 3.65. The van der Waals surface area contributed by atoms with Gasteiger partial charge >= 0.3 is 0 Å². The average Bonchev–Trinajstić information content (AvgIpc) is 3.19. The number of aryl methyl sites for hydroxylation is 1. The van der Waals surface area contributed by atoms with Crippen LogP contribution in [0.15, 0.2) is 48.7 Å². The van der Waals surface area contributed by atoms with E-state index in [1.165, 1.54) is 11.1 Å². The van der Waals surface area contributed by atoms with Crippen molar-refractivity contribution in [3.63, 3.8) is 0 Å². The van der Waals surface area contributed by atoms with E-state index >= 15 is 0 Å². The van der Waals surface area contributed by atoms with E-state index in [4.69, 9.17) is 0 Å². The second-order valence-electron chi connectivity index (χ2n) is 6.29. The first-order valence-corrected chi connectivity index (χ1v) is 8.50. The number of fused-ring (bicyclic) bond motifs is 2. The summed E-state index contributed by atoms with van der Waals surface area (Å²) in [6.45, 7) is 2.22. The molecule has 1 N–H and O–H groups in total. The van der Waals surface area contributed by atoms with Crippen molar-refractivity contribution in [2.24, 2.45) is 0 Å². The molecule has 0 spiro atoms. The molecule has 3 aromatic rings. The quantitative estimate of drug-likeness (QED) is 0.778. The normalized spacial score (nSPS) is 18.2. The van der Waals surface area contributed by atoms with Crippen molar-refractivity contribution in [3.8, 4) is 0 Å². The lowest BCUT2D eigenvalue weighted by Gasteiger charge is -2.22. The Hall–Kier alpha value is -2.20. The minimum atomic E-state index is 0.230. The summed E-state index contributed by atoms with van der Waals surface area (Å²) < 4.78 is 2.11. The van der Waals surface area contributed by atoms with Gasteiger partial charge in [0.1, 0.15) is 0 Å². The summed E-state index contributed by atoms with van der Waals surface area (Å²) in [7, 11) is 0. The Morgan fingerprint density at radius 1 is 1.17 bits per heavy atom. The van der Waals surface area contributed by atoms with Gasteiger partial charge < -0.3 is 5.32 Å². The van der Waals surface area contributed by atoms with Crippen LogP contribution in [-0.4, -0.2) is 14.6 Å². The Kier molecular flexibility index (Phi) is 3.83. The number of benzene rings is 1. The molecule has 1 aliphatic carbocycles. The lowest BCUT2D eigenvalue weighted by atomic mass is 10.1. The van der Waals surface area contributed by atoms with Gasteiger partial charge in [-0.25, -0.2) is 0 Å². The molecule has 4 rings (SSSR count). The largest absolute Gasteiger partial charge is 0.300 e. The van der Waals surface area contributed by atoms with E-state index in [0.717, 1.165) is 37.2 Å². The van der Waals surface area contributed by atoms with Crippen LogP contribution in [0.3, 0.4) is 0 Å². The Morgan fingerprint density at radius 3 is 2.96 bits per heavy atom. The number of nitrogens with one attached hydrogen (secondary N) is 1. The highest BCUT2D eigenvalue weighted by molar-refractivity contribution is 5.38. The summed E-state index contributed by atoms with van der Waals surface area (Å²) in [6, 6.07) is 15.5. The lowest BCUT2D eigenvalue weighted by Crippen LogP contribution is -2.26. The van der Waals surface area contributed by atoms with E-state index in [-0.39, 0.29) is 6.04 Å². The van der Waals surface area contributed by atoms with Crippen molar-refractivity contribution in [2.75, 3.05) is 0 Å². The molecule has 0 radical (unpaired) electrons. The highest BCUT2D eigenvalue weighted by Gasteiger charge is 2.26. The number of pyridine rings is 1.